The van der Waals surface area contributed by atoms with E-state index in [9.17, 15) is 9.90 Å². The van der Waals surface area contributed by atoms with Crippen LogP contribution in [0.3, 0.4) is 0 Å². The molecule has 4 atom stereocenters. The Hall–Kier alpha value is -1.66. The SMILES string of the molecule is O=C(OCc1cc(-c2cccs2)on1)C12C[C@@H]3C[C@@H](CC(O)(C3)C1)C2. The number of hydrogen-bond acceptors (Lipinski definition) is 6. The molecule has 4 aliphatic carbocycles. The van der Waals surface area contributed by atoms with Gasteiger partial charge in [0.25, 0.3) is 0 Å². The predicted molar refractivity (Wildman–Crippen MR) is 91.7 cm³/mol. The molecule has 2 heterocycles. The van der Waals surface area contributed by atoms with E-state index in [-0.39, 0.29) is 12.6 Å². The number of aliphatic hydroxyl groups is 1. The summed E-state index contributed by atoms with van der Waals surface area (Å²) in [7, 11) is 0. The van der Waals surface area contributed by atoms with E-state index in [1.54, 1.807) is 11.3 Å². The molecule has 5 nitrogen and oxygen atoms in total. The van der Waals surface area contributed by atoms with Gasteiger partial charge in [-0.3, -0.25) is 4.79 Å². The van der Waals surface area contributed by atoms with Gasteiger partial charge >= 0.3 is 5.97 Å². The number of carbonyl (C=O) groups is 1. The lowest BCUT2D eigenvalue weighted by molar-refractivity contribution is -0.197. The number of aromatic nitrogens is 1. The molecular weight excluding hydrogens is 338 g/mol. The fourth-order valence-electron chi connectivity index (χ4n) is 5.66. The maximum atomic E-state index is 12.9. The van der Waals surface area contributed by atoms with Crippen LogP contribution in [0.15, 0.2) is 28.1 Å². The first kappa shape index (κ1) is 15.6. The van der Waals surface area contributed by atoms with Gasteiger partial charge in [0.2, 0.25) is 0 Å². The Labute approximate surface area is 150 Å². The van der Waals surface area contributed by atoms with Gasteiger partial charge < -0.3 is 14.4 Å². The zero-order valence-corrected chi connectivity index (χ0v) is 14.8. The molecule has 2 unspecified atom stereocenters. The first-order valence-corrected chi connectivity index (χ1v) is 9.81. The van der Waals surface area contributed by atoms with Crippen molar-refractivity contribution in [1.29, 1.82) is 0 Å². The van der Waals surface area contributed by atoms with Gasteiger partial charge in [-0.2, -0.15) is 0 Å². The Morgan fingerprint density at radius 1 is 1.36 bits per heavy atom. The minimum Gasteiger partial charge on any atom is -0.459 e. The third-order valence-corrected chi connectivity index (χ3v) is 7.02. The van der Waals surface area contributed by atoms with Gasteiger partial charge in [-0.05, 0) is 61.8 Å². The number of rotatable bonds is 4. The van der Waals surface area contributed by atoms with Crippen molar-refractivity contribution in [3.05, 3.63) is 29.3 Å². The van der Waals surface area contributed by atoms with Crippen molar-refractivity contribution in [2.45, 2.75) is 50.7 Å². The molecule has 4 bridgehead atoms. The second-order valence-corrected chi connectivity index (χ2v) is 9.15. The molecule has 1 N–H and O–H groups in total. The van der Waals surface area contributed by atoms with Gasteiger partial charge in [0, 0.05) is 6.07 Å². The van der Waals surface area contributed by atoms with E-state index in [4.69, 9.17) is 9.26 Å². The summed E-state index contributed by atoms with van der Waals surface area (Å²) in [6.45, 7) is 0.128. The summed E-state index contributed by atoms with van der Waals surface area (Å²) in [6, 6.07) is 5.75. The Bertz CT molecular complexity index is 782. The van der Waals surface area contributed by atoms with Crippen molar-refractivity contribution < 1.29 is 19.2 Å². The smallest absolute Gasteiger partial charge is 0.312 e. The van der Waals surface area contributed by atoms with Gasteiger partial charge in [0.1, 0.15) is 12.3 Å². The van der Waals surface area contributed by atoms with Gasteiger partial charge in [0.15, 0.2) is 5.76 Å². The zero-order valence-electron chi connectivity index (χ0n) is 13.9. The second kappa shape index (κ2) is 5.42. The maximum absolute atomic E-state index is 12.9. The largest absolute Gasteiger partial charge is 0.459 e. The topological polar surface area (TPSA) is 72.6 Å². The lowest BCUT2D eigenvalue weighted by Gasteiger charge is -2.58. The second-order valence-electron chi connectivity index (χ2n) is 8.20. The molecule has 0 aliphatic heterocycles. The summed E-state index contributed by atoms with van der Waals surface area (Å²) in [6.07, 6.45) is 5.15. The van der Waals surface area contributed by atoms with Crippen molar-refractivity contribution >= 4 is 17.3 Å². The third kappa shape index (κ3) is 2.62. The first-order chi connectivity index (χ1) is 12.0. The summed E-state index contributed by atoms with van der Waals surface area (Å²) in [5, 5.41) is 16.8. The highest BCUT2D eigenvalue weighted by Crippen LogP contribution is 2.62. The average Bonchev–Trinajstić information content (AvgIpc) is 3.21. The van der Waals surface area contributed by atoms with E-state index in [2.05, 4.69) is 5.16 Å². The standard InChI is InChI=1S/C19H21NO4S/c21-17(18-6-12-4-13(7-18)9-19(22,8-12)11-18)23-10-14-5-15(24-20-14)16-2-1-3-25-16/h1-3,5,12-13,22H,4,6-11H2/t12-,13+,18?,19?. The van der Waals surface area contributed by atoms with Gasteiger partial charge in [-0.1, -0.05) is 11.2 Å². The van der Waals surface area contributed by atoms with Crippen LogP contribution < -0.4 is 0 Å². The summed E-state index contributed by atoms with van der Waals surface area (Å²) in [4.78, 5) is 13.9. The highest BCUT2D eigenvalue weighted by Gasteiger charge is 2.60. The number of carbonyl (C=O) groups excluding carboxylic acids is 1. The zero-order chi connectivity index (χ0) is 17.1. The van der Waals surface area contributed by atoms with Crippen molar-refractivity contribution in [2.24, 2.45) is 17.3 Å². The van der Waals surface area contributed by atoms with Crippen molar-refractivity contribution in [1.82, 2.24) is 5.16 Å². The van der Waals surface area contributed by atoms with E-state index < -0.39 is 11.0 Å². The molecule has 4 aliphatic rings. The molecule has 2 aromatic rings. The van der Waals surface area contributed by atoms with Crippen molar-refractivity contribution in [2.75, 3.05) is 0 Å². The van der Waals surface area contributed by atoms with Gasteiger partial charge in [-0.25, -0.2) is 0 Å². The van der Waals surface area contributed by atoms with Crippen molar-refractivity contribution in [3.63, 3.8) is 0 Å². The maximum Gasteiger partial charge on any atom is 0.312 e. The molecule has 0 aromatic carbocycles. The quantitative estimate of drug-likeness (QED) is 0.841. The molecule has 0 spiro atoms. The fraction of sp³-hybridized carbons (Fsp3) is 0.579. The molecule has 0 amide bonds. The Kier molecular flexibility index (Phi) is 3.38. The number of hydrogen-bond donors (Lipinski definition) is 1. The monoisotopic (exact) mass is 359 g/mol. The normalized spacial score (nSPS) is 35.9. The van der Waals surface area contributed by atoms with E-state index in [1.165, 1.54) is 0 Å². The van der Waals surface area contributed by atoms with E-state index in [0.29, 0.717) is 29.7 Å². The van der Waals surface area contributed by atoms with Crippen LogP contribution in [0.5, 0.6) is 0 Å². The summed E-state index contributed by atoms with van der Waals surface area (Å²) >= 11 is 1.58. The highest BCUT2D eigenvalue weighted by atomic mass is 32.1. The van der Waals surface area contributed by atoms with Gasteiger partial charge in [-0.15, -0.1) is 11.3 Å². The van der Waals surface area contributed by atoms with Crippen LogP contribution in [0.25, 0.3) is 10.6 Å². The minimum absolute atomic E-state index is 0.128. The lowest BCUT2D eigenvalue weighted by atomic mass is 9.48. The van der Waals surface area contributed by atoms with Crippen LogP contribution in [0.2, 0.25) is 0 Å². The van der Waals surface area contributed by atoms with Crippen molar-refractivity contribution in [3.8, 4) is 10.6 Å². The molecule has 6 heteroatoms. The number of nitrogens with zero attached hydrogens (tertiary/aromatic N) is 1. The molecule has 0 radical (unpaired) electrons. The molecule has 4 fully saturated rings. The molecule has 132 valence electrons. The average molecular weight is 359 g/mol. The fourth-order valence-corrected chi connectivity index (χ4v) is 6.33. The van der Waals surface area contributed by atoms with E-state index in [1.807, 2.05) is 23.6 Å². The molecule has 6 rings (SSSR count). The van der Waals surface area contributed by atoms with E-state index in [0.717, 1.165) is 37.0 Å². The van der Waals surface area contributed by atoms with Gasteiger partial charge in [0.05, 0.1) is 15.9 Å². The highest BCUT2D eigenvalue weighted by molar-refractivity contribution is 7.13. The Morgan fingerprint density at radius 3 is 2.84 bits per heavy atom. The van der Waals surface area contributed by atoms with Crippen LogP contribution in [0.1, 0.15) is 44.2 Å². The predicted octanol–water partition coefficient (Wildman–Crippen LogP) is 3.78. The summed E-state index contributed by atoms with van der Waals surface area (Å²) in [5.74, 6) is 1.47. The lowest BCUT2D eigenvalue weighted by Crippen LogP contribution is -2.58. The Morgan fingerprint density at radius 2 is 2.16 bits per heavy atom. The third-order valence-electron chi connectivity index (χ3n) is 6.14. The molecular formula is C19H21NO4S. The first-order valence-electron chi connectivity index (χ1n) is 8.93. The number of esters is 1. The van der Waals surface area contributed by atoms with Crippen LogP contribution in [-0.2, 0) is 16.1 Å². The van der Waals surface area contributed by atoms with Crippen LogP contribution >= 0.6 is 11.3 Å². The summed E-state index contributed by atoms with van der Waals surface area (Å²) in [5.41, 5.74) is -0.511. The van der Waals surface area contributed by atoms with Crippen LogP contribution in [0.4, 0.5) is 0 Å². The van der Waals surface area contributed by atoms with E-state index >= 15 is 0 Å². The number of thiophene rings is 1. The van der Waals surface area contributed by atoms with Crippen LogP contribution in [-0.4, -0.2) is 21.8 Å². The number of ether oxygens (including phenoxy) is 1. The summed E-state index contributed by atoms with van der Waals surface area (Å²) < 4.78 is 11.0. The minimum atomic E-state index is -0.649. The Balaban J connectivity index is 1.28. The molecule has 25 heavy (non-hydrogen) atoms. The molecule has 4 saturated carbocycles. The van der Waals surface area contributed by atoms with Crippen LogP contribution in [0, 0.1) is 17.3 Å². The molecule has 2 aromatic heterocycles. The molecule has 0 saturated heterocycles.